The first-order valence-corrected chi connectivity index (χ1v) is 9.05. The van der Waals surface area contributed by atoms with Crippen molar-refractivity contribution in [3.05, 3.63) is 35.4 Å². The SMILES string of the molecule is CCCN(CC(=O)O)C(=O)c1ccc(C2SCCS2)cc1. The van der Waals surface area contributed by atoms with Crippen LogP contribution in [0, 0.1) is 0 Å². The number of benzene rings is 1. The van der Waals surface area contributed by atoms with Gasteiger partial charge in [0, 0.05) is 23.6 Å². The van der Waals surface area contributed by atoms with E-state index in [1.807, 2.05) is 54.7 Å². The molecule has 4 nitrogen and oxygen atoms in total. The molecule has 0 bridgehead atoms. The van der Waals surface area contributed by atoms with Gasteiger partial charge in [0.05, 0.1) is 4.58 Å². The molecule has 1 amide bonds. The molecule has 6 heteroatoms. The molecule has 0 aromatic heterocycles. The van der Waals surface area contributed by atoms with Crippen molar-refractivity contribution in [2.45, 2.75) is 17.9 Å². The van der Waals surface area contributed by atoms with Crippen LogP contribution in [0.3, 0.4) is 0 Å². The van der Waals surface area contributed by atoms with E-state index in [1.165, 1.54) is 22.0 Å². The monoisotopic (exact) mass is 325 g/mol. The third kappa shape index (κ3) is 4.41. The van der Waals surface area contributed by atoms with Crippen molar-refractivity contribution in [1.82, 2.24) is 4.90 Å². The molecular formula is C15H19NO3S2. The normalized spacial score (nSPS) is 15.1. The zero-order valence-corrected chi connectivity index (χ0v) is 13.6. The number of amides is 1. The summed E-state index contributed by atoms with van der Waals surface area (Å²) < 4.78 is 0.458. The third-order valence-electron chi connectivity index (χ3n) is 3.16. The van der Waals surface area contributed by atoms with Crippen molar-refractivity contribution in [2.75, 3.05) is 24.6 Å². The first-order valence-electron chi connectivity index (χ1n) is 6.96. The molecule has 1 saturated heterocycles. The summed E-state index contributed by atoms with van der Waals surface area (Å²) in [4.78, 5) is 24.6. The van der Waals surface area contributed by atoms with E-state index in [0.29, 0.717) is 16.7 Å². The highest BCUT2D eigenvalue weighted by Gasteiger charge is 2.20. The van der Waals surface area contributed by atoms with Crippen LogP contribution in [-0.2, 0) is 4.79 Å². The second-order valence-electron chi connectivity index (χ2n) is 4.82. The van der Waals surface area contributed by atoms with Crippen molar-refractivity contribution in [3.8, 4) is 0 Å². The molecule has 1 aromatic rings. The van der Waals surface area contributed by atoms with E-state index in [0.717, 1.165) is 6.42 Å². The molecule has 0 unspecified atom stereocenters. The molecule has 1 aromatic carbocycles. The van der Waals surface area contributed by atoms with Crippen LogP contribution in [0.1, 0.15) is 33.8 Å². The van der Waals surface area contributed by atoms with Crippen molar-refractivity contribution in [2.24, 2.45) is 0 Å². The highest BCUT2D eigenvalue weighted by molar-refractivity contribution is 8.19. The summed E-state index contributed by atoms with van der Waals surface area (Å²) in [6.45, 7) is 2.14. The minimum Gasteiger partial charge on any atom is -0.480 e. The molecule has 2 rings (SSSR count). The Labute approximate surface area is 133 Å². The van der Waals surface area contributed by atoms with Crippen LogP contribution in [0.5, 0.6) is 0 Å². The molecule has 21 heavy (non-hydrogen) atoms. The van der Waals surface area contributed by atoms with Crippen molar-refractivity contribution < 1.29 is 14.7 Å². The van der Waals surface area contributed by atoms with Gasteiger partial charge >= 0.3 is 5.97 Å². The minimum absolute atomic E-state index is 0.211. The van der Waals surface area contributed by atoms with Crippen LogP contribution in [0.25, 0.3) is 0 Å². The quantitative estimate of drug-likeness (QED) is 0.871. The summed E-state index contributed by atoms with van der Waals surface area (Å²) in [5.74, 6) is 1.14. The first-order chi connectivity index (χ1) is 10.1. The molecular weight excluding hydrogens is 306 g/mol. The molecule has 1 N–H and O–H groups in total. The lowest BCUT2D eigenvalue weighted by Crippen LogP contribution is -2.36. The lowest BCUT2D eigenvalue weighted by atomic mass is 10.1. The predicted octanol–water partition coefficient (Wildman–Crippen LogP) is 3.10. The zero-order valence-electron chi connectivity index (χ0n) is 11.9. The maximum absolute atomic E-state index is 12.4. The number of carbonyl (C=O) groups excluding carboxylic acids is 1. The Hall–Kier alpha value is -1.14. The van der Waals surface area contributed by atoms with Crippen molar-refractivity contribution in [3.63, 3.8) is 0 Å². The fourth-order valence-electron chi connectivity index (χ4n) is 2.20. The van der Waals surface area contributed by atoms with Gasteiger partial charge in [0.15, 0.2) is 0 Å². The van der Waals surface area contributed by atoms with Gasteiger partial charge in [-0.15, -0.1) is 23.5 Å². The molecule has 0 spiro atoms. The number of hydrogen-bond acceptors (Lipinski definition) is 4. The van der Waals surface area contributed by atoms with E-state index >= 15 is 0 Å². The number of aliphatic carboxylic acids is 1. The Morgan fingerprint density at radius 3 is 2.38 bits per heavy atom. The summed E-state index contributed by atoms with van der Waals surface area (Å²) in [6, 6.07) is 7.57. The summed E-state index contributed by atoms with van der Waals surface area (Å²) in [5.41, 5.74) is 1.78. The molecule has 1 fully saturated rings. The maximum atomic E-state index is 12.4. The van der Waals surface area contributed by atoms with Gasteiger partial charge in [-0.25, -0.2) is 0 Å². The number of thioether (sulfide) groups is 2. The number of hydrogen-bond donors (Lipinski definition) is 1. The largest absolute Gasteiger partial charge is 0.480 e. The zero-order chi connectivity index (χ0) is 15.2. The van der Waals surface area contributed by atoms with Gasteiger partial charge in [0.2, 0.25) is 0 Å². The highest BCUT2D eigenvalue weighted by Crippen LogP contribution is 2.45. The Kier molecular flexibility index (Phi) is 5.99. The lowest BCUT2D eigenvalue weighted by Gasteiger charge is -2.20. The van der Waals surface area contributed by atoms with E-state index in [4.69, 9.17) is 5.11 Å². The average molecular weight is 325 g/mol. The Morgan fingerprint density at radius 1 is 1.24 bits per heavy atom. The molecule has 1 aliphatic heterocycles. The summed E-state index contributed by atoms with van der Waals surface area (Å²) in [5, 5.41) is 8.89. The topological polar surface area (TPSA) is 57.6 Å². The van der Waals surface area contributed by atoms with Crippen LogP contribution in [0.4, 0.5) is 0 Å². The van der Waals surface area contributed by atoms with Gasteiger partial charge in [-0.1, -0.05) is 19.1 Å². The van der Waals surface area contributed by atoms with Gasteiger partial charge in [-0.2, -0.15) is 0 Å². The lowest BCUT2D eigenvalue weighted by molar-refractivity contribution is -0.137. The third-order valence-corrected chi connectivity index (χ3v) is 6.26. The van der Waals surface area contributed by atoms with Crippen LogP contribution < -0.4 is 0 Å². The average Bonchev–Trinajstić information content (AvgIpc) is 3.00. The molecule has 1 aliphatic rings. The fourth-order valence-corrected chi connectivity index (χ4v) is 5.06. The molecule has 0 radical (unpaired) electrons. The van der Waals surface area contributed by atoms with Gasteiger partial charge in [0.25, 0.3) is 5.91 Å². The predicted molar refractivity (Wildman–Crippen MR) is 87.9 cm³/mol. The Bertz CT molecular complexity index is 498. The maximum Gasteiger partial charge on any atom is 0.323 e. The van der Waals surface area contributed by atoms with Gasteiger partial charge in [-0.05, 0) is 24.1 Å². The van der Waals surface area contributed by atoms with Crippen LogP contribution in [0.2, 0.25) is 0 Å². The smallest absolute Gasteiger partial charge is 0.323 e. The molecule has 0 saturated carbocycles. The van der Waals surface area contributed by atoms with Gasteiger partial charge in [-0.3, -0.25) is 9.59 Å². The van der Waals surface area contributed by atoms with E-state index in [1.54, 1.807) is 0 Å². The summed E-state index contributed by atoms with van der Waals surface area (Å²) in [7, 11) is 0. The van der Waals surface area contributed by atoms with Gasteiger partial charge in [0.1, 0.15) is 6.54 Å². The second kappa shape index (κ2) is 7.75. The summed E-state index contributed by atoms with van der Waals surface area (Å²) in [6.07, 6.45) is 0.743. The number of carboxylic acid groups (broad SMARTS) is 1. The molecule has 1 heterocycles. The molecule has 0 atom stereocenters. The fraction of sp³-hybridized carbons (Fsp3) is 0.467. The standard InChI is InChI=1S/C15H19NO3S2/c1-2-7-16(10-13(17)18)14(19)11-3-5-12(6-4-11)15-20-8-9-21-15/h3-6,15H,2,7-10H2,1H3,(H,17,18). The van der Waals surface area contributed by atoms with E-state index in [2.05, 4.69) is 0 Å². The summed E-state index contributed by atoms with van der Waals surface area (Å²) >= 11 is 3.84. The van der Waals surface area contributed by atoms with Crippen LogP contribution in [0.15, 0.2) is 24.3 Å². The Balaban J connectivity index is 2.08. The van der Waals surface area contributed by atoms with E-state index in [-0.39, 0.29) is 12.5 Å². The molecule has 114 valence electrons. The van der Waals surface area contributed by atoms with E-state index < -0.39 is 5.97 Å². The van der Waals surface area contributed by atoms with Crippen LogP contribution >= 0.6 is 23.5 Å². The van der Waals surface area contributed by atoms with Gasteiger partial charge < -0.3 is 10.0 Å². The number of carboxylic acids is 1. The number of rotatable bonds is 6. The Morgan fingerprint density at radius 2 is 1.86 bits per heavy atom. The van der Waals surface area contributed by atoms with Crippen molar-refractivity contribution in [1.29, 1.82) is 0 Å². The van der Waals surface area contributed by atoms with Crippen molar-refractivity contribution >= 4 is 35.4 Å². The number of carbonyl (C=O) groups is 2. The van der Waals surface area contributed by atoms with E-state index in [9.17, 15) is 9.59 Å². The number of nitrogens with zero attached hydrogens (tertiary/aromatic N) is 1. The molecule has 0 aliphatic carbocycles. The minimum atomic E-state index is -0.979. The second-order valence-corrected chi connectivity index (χ2v) is 7.54. The van der Waals surface area contributed by atoms with Crippen LogP contribution in [-0.4, -0.2) is 46.5 Å². The first kappa shape index (κ1) is 16.2. The highest BCUT2D eigenvalue weighted by atomic mass is 32.2.